The number of carbonyl (C=O) groups is 2. The van der Waals surface area contributed by atoms with E-state index in [9.17, 15) is 9.59 Å². The lowest BCUT2D eigenvalue weighted by molar-refractivity contribution is -0.896. The summed E-state index contributed by atoms with van der Waals surface area (Å²) in [5.74, 6) is 0.163. The fourth-order valence-electron chi connectivity index (χ4n) is 3.25. The Labute approximate surface area is 154 Å². The molecule has 0 unspecified atom stereocenters. The maximum Gasteiger partial charge on any atom is 0.275 e. The molecule has 5 heteroatoms. The third-order valence-corrected chi connectivity index (χ3v) is 4.77. The summed E-state index contributed by atoms with van der Waals surface area (Å²) in [5, 5.41) is 3.00. The molecule has 0 aromatic heterocycles. The van der Waals surface area contributed by atoms with E-state index in [1.54, 1.807) is 0 Å². The number of nitrogens with zero attached hydrogens (tertiary/aromatic N) is 1. The highest BCUT2D eigenvalue weighted by Gasteiger charge is 2.25. The normalized spacial score (nSPS) is 14.8. The number of benzene rings is 2. The first-order chi connectivity index (χ1) is 12.7. The first-order valence-electron chi connectivity index (χ1n) is 9.21. The fourth-order valence-corrected chi connectivity index (χ4v) is 3.25. The number of hydrogen-bond donors (Lipinski definition) is 2. The standard InChI is InChI=1S/C21H25N3O2/c25-20(22-12-11-18-7-3-1-4-8-18)17-23-13-15-24(16-14-23)21(26)19-9-5-2-6-10-19/h1-10H,11-17H2,(H,22,25)/p+1. The third kappa shape index (κ3) is 5.17. The number of piperazine rings is 1. The molecule has 2 amide bonds. The number of quaternary nitrogens is 1. The lowest BCUT2D eigenvalue weighted by Gasteiger charge is -2.32. The van der Waals surface area contributed by atoms with E-state index < -0.39 is 0 Å². The highest BCUT2D eigenvalue weighted by Crippen LogP contribution is 2.04. The number of rotatable bonds is 6. The van der Waals surface area contributed by atoms with Crippen molar-refractivity contribution in [3.8, 4) is 0 Å². The molecule has 136 valence electrons. The minimum absolute atomic E-state index is 0.0805. The van der Waals surface area contributed by atoms with Crippen molar-refractivity contribution in [2.24, 2.45) is 0 Å². The summed E-state index contributed by atoms with van der Waals surface area (Å²) in [6.45, 7) is 4.15. The number of amides is 2. The second-order valence-corrected chi connectivity index (χ2v) is 6.67. The molecule has 3 rings (SSSR count). The molecule has 1 aliphatic heterocycles. The molecule has 5 nitrogen and oxygen atoms in total. The van der Waals surface area contributed by atoms with E-state index in [4.69, 9.17) is 0 Å². The summed E-state index contributed by atoms with van der Waals surface area (Å²) in [5.41, 5.74) is 1.96. The summed E-state index contributed by atoms with van der Waals surface area (Å²) in [6.07, 6.45) is 0.848. The average molecular weight is 352 g/mol. The van der Waals surface area contributed by atoms with Crippen LogP contribution in [0.15, 0.2) is 60.7 Å². The van der Waals surface area contributed by atoms with Crippen LogP contribution in [0.5, 0.6) is 0 Å². The lowest BCUT2D eigenvalue weighted by Crippen LogP contribution is -3.15. The predicted octanol–water partition coefficient (Wildman–Crippen LogP) is 0.386. The van der Waals surface area contributed by atoms with E-state index in [0.717, 1.165) is 25.1 Å². The Morgan fingerprint density at radius 3 is 2.19 bits per heavy atom. The van der Waals surface area contributed by atoms with E-state index in [1.165, 1.54) is 10.5 Å². The molecule has 0 atom stereocenters. The number of nitrogens with one attached hydrogen (secondary N) is 2. The molecule has 0 aliphatic carbocycles. The summed E-state index contributed by atoms with van der Waals surface area (Å²) < 4.78 is 0. The average Bonchev–Trinajstić information content (AvgIpc) is 2.69. The maximum absolute atomic E-state index is 12.4. The smallest absolute Gasteiger partial charge is 0.275 e. The molecule has 26 heavy (non-hydrogen) atoms. The molecule has 2 N–H and O–H groups in total. The summed E-state index contributed by atoms with van der Waals surface area (Å²) >= 11 is 0. The second-order valence-electron chi connectivity index (χ2n) is 6.67. The van der Waals surface area contributed by atoms with Gasteiger partial charge >= 0.3 is 0 Å². The SMILES string of the molecule is O=C(C[NH+]1CCN(C(=O)c2ccccc2)CC1)NCCc1ccccc1. The van der Waals surface area contributed by atoms with Crippen molar-refractivity contribution in [3.63, 3.8) is 0 Å². The van der Waals surface area contributed by atoms with Crippen LogP contribution in [0.25, 0.3) is 0 Å². The van der Waals surface area contributed by atoms with Crippen LogP contribution in [-0.2, 0) is 11.2 Å². The van der Waals surface area contributed by atoms with Crippen molar-refractivity contribution in [2.45, 2.75) is 6.42 Å². The van der Waals surface area contributed by atoms with Gasteiger partial charge in [0, 0.05) is 12.1 Å². The largest absolute Gasteiger partial charge is 0.351 e. The Morgan fingerprint density at radius 1 is 0.923 bits per heavy atom. The topological polar surface area (TPSA) is 53.9 Å². The van der Waals surface area contributed by atoms with Gasteiger partial charge in [0.25, 0.3) is 11.8 Å². The van der Waals surface area contributed by atoms with E-state index in [-0.39, 0.29) is 11.8 Å². The van der Waals surface area contributed by atoms with Crippen LogP contribution in [0.3, 0.4) is 0 Å². The maximum atomic E-state index is 12.4. The van der Waals surface area contributed by atoms with Crippen molar-refractivity contribution in [2.75, 3.05) is 39.3 Å². The van der Waals surface area contributed by atoms with Crippen LogP contribution < -0.4 is 10.2 Å². The Balaban J connectivity index is 1.37. The molecule has 1 aliphatic rings. The fraction of sp³-hybridized carbons (Fsp3) is 0.333. The zero-order valence-electron chi connectivity index (χ0n) is 15.0. The minimum Gasteiger partial charge on any atom is -0.351 e. The summed E-state index contributed by atoms with van der Waals surface area (Å²) in [6, 6.07) is 19.5. The van der Waals surface area contributed by atoms with Crippen LogP contribution in [-0.4, -0.2) is 56.0 Å². The molecular formula is C21H26N3O2+. The van der Waals surface area contributed by atoms with Gasteiger partial charge in [-0.2, -0.15) is 0 Å². The summed E-state index contributed by atoms with van der Waals surface area (Å²) in [4.78, 5) is 27.7. The molecule has 0 spiro atoms. The van der Waals surface area contributed by atoms with E-state index in [1.807, 2.05) is 53.4 Å². The quantitative estimate of drug-likeness (QED) is 0.790. The molecule has 0 radical (unpaired) electrons. The highest BCUT2D eigenvalue weighted by molar-refractivity contribution is 5.94. The second kappa shape index (κ2) is 9.15. The Kier molecular flexibility index (Phi) is 6.39. The Hall–Kier alpha value is -2.66. The van der Waals surface area contributed by atoms with E-state index in [2.05, 4.69) is 17.4 Å². The minimum atomic E-state index is 0.0805. The Bertz CT molecular complexity index is 711. The molecule has 1 heterocycles. The molecular weight excluding hydrogens is 326 g/mol. The number of carbonyl (C=O) groups excluding carboxylic acids is 2. The highest BCUT2D eigenvalue weighted by atomic mass is 16.2. The van der Waals surface area contributed by atoms with Crippen LogP contribution >= 0.6 is 0 Å². The van der Waals surface area contributed by atoms with Gasteiger partial charge in [-0.25, -0.2) is 0 Å². The zero-order valence-corrected chi connectivity index (χ0v) is 15.0. The van der Waals surface area contributed by atoms with Gasteiger partial charge in [0.05, 0.1) is 26.2 Å². The van der Waals surface area contributed by atoms with Gasteiger partial charge in [0.15, 0.2) is 6.54 Å². The van der Waals surface area contributed by atoms with Gasteiger partial charge < -0.3 is 15.1 Å². The van der Waals surface area contributed by atoms with Gasteiger partial charge in [-0.3, -0.25) is 9.59 Å². The van der Waals surface area contributed by atoms with Crippen molar-refractivity contribution in [3.05, 3.63) is 71.8 Å². The molecule has 2 aromatic carbocycles. The van der Waals surface area contributed by atoms with Crippen molar-refractivity contribution >= 4 is 11.8 Å². The first kappa shape index (κ1) is 18.1. The molecule has 0 bridgehead atoms. The predicted molar refractivity (Wildman–Crippen MR) is 101 cm³/mol. The van der Waals surface area contributed by atoms with E-state index >= 15 is 0 Å². The third-order valence-electron chi connectivity index (χ3n) is 4.77. The van der Waals surface area contributed by atoms with Crippen molar-refractivity contribution in [1.29, 1.82) is 0 Å². The number of hydrogen-bond acceptors (Lipinski definition) is 2. The van der Waals surface area contributed by atoms with E-state index in [0.29, 0.717) is 26.2 Å². The van der Waals surface area contributed by atoms with Gasteiger partial charge in [-0.15, -0.1) is 0 Å². The van der Waals surface area contributed by atoms with Gasteiger partial charge in [0.2, 0.25) is 0 Å². The first-order valence-corrected chi connectivity index (χ1v) is 9.21. The van der Waals surface area contributed by atoms with Gasteiger partial charge in [-0.1, -0.05) is 48.5 Å². The summed E-state index contributed by atoms with van der Waals surface area (Å²) in [7, 11) is 0. The van der Waals surface area contributed by atoms with Gasteiger partial charge in [-0.05, 0) is 24.1 Å². The van der Waals surface area contributed by atoms with Crippen LogP contribution in [0.1, 0.15) is 15.9 Å². The van der Waals surface area contributed by atoms with Crippen molar-refractivity contribution in [1.82, 2.24) is 10.2 Å². The van der Waals surface area contributed by atoms with Crippen LogP contribution in [0, 0.1) is 0 Å². The molecule has 1 fully saturated rings. The molecule has 1 saturated heterocycles. The van der Waals surface area contributed by atoms with Crippen molar-refractivity contribution < 1.29 is 14.5 Å². The van der Waals surface area contributed by atoms with Gasteiger partial charge in [0.1, 0.15) is 0 Å². The molecule has 0 saturated carbocycles. The molecule has 2 aromatic rings. The van der Waals surface area contributed by atoms with Crippen LogP contribution in [0.4, 0.5) is 0 Å². The Morgan fingerprint density at radius 2 is 1.54 bits per heavy atom. The zero-order chi connectivity index (χ0) is 18.2. The lowest BCUT2D eigenvalue weighted by atomic mass is 10.1. The van der Waals surface area contributed by atoms with Crippen LogP contribution in [0.2, 0.25) is 0 Å². The monoisotopic (exact) mass is 352 g/mol.